The van der Waals surface area contributed by atoms with Crippen molar-refractivity contribution in [2.75, 3.05) is 0 Å². The molecule has 1 heterocycles. The van der Waals surface area contributed by atoms with E-state index < -0.39 is 0 Å². The topological polar surface area (TPSA) is 43.1 Å². The van der Waals surface area contributed by atoms with Gasteiger partial charge in [0.2, 0.25) is 5.69 Å². The number of hydrogen-bond donors (Lipinski definition) is 0. The third kappa shape index (κ3) is 2.04. The maximum absolute atomic E-state index is 12.4. The lowest BCUT2D eigenvalue weighted by molar-refractivity contribution is -0.355. The van der Waals surface area contributed by atoms with E-state index in [1.807, 2.05) is 0 Å². The number of nitrogens with zero attached hydrogens (tertiary/aromatic N) is 1. The molecule has 0 aromatic heterocycles. The summed E-state index contributed by atoms with van der Waals surface area (Å²) < 4.78 is 1.47. The van der Waals surface area contributed by atoms with Crippen LogP contribution in [0, 0.1) is 5.21 Å². The molecule has 2 aromatic rings. The Morgan fingerprint density at radius 3 is 2.30 bits per heavy atom. The van der Waals surface area contributed by atoms with Crippen LogP contribution in [0.25, 0.3) is 0 Å². The van der Waals surface area contributed by atoms with Gasteiger partial charge in [-0.1, -0.05) is 39.1 Å². The lowest BCUT2D eigenvalue weighted by Gasteiger charge is -2.02. The minimum Gasteiger partial charge on any atom is -0.618 e. The van der Waals surface area contributed by atoms with Crippen molar-refractivity contribution >= 4 is 56.3 Å². The molecular formula is C14H6BrCl2NO2. The Bertz CT molecular complexity index is 769. The minimum absolute atomic E-state index is 0.0748. The van der Waals surface area contributed by atoms with E-state index in [-0.39, 0.29) is 32.8 Å². The van der Waals surface area contributed by atoms with Crippen LogP contribution < -0.4 is 0 Å². The van der Waals surface area contributed by atoms with Crippen LogP contribution in [-0.2, 0) is 0 Å². The van der Waals surface area contributed by atoms with Crippen molar-refractivity contribution in [3.05, 3.63) is 67.3 Å². The van der Waals surface area contributed by atoms with Gasteiger partial charge in [-0.2, -0.15) is 4.74 Å². The van der Waals surface area contributed by atoms with Crippen molar-refractivity contribution < 1.29 is 9.53 Å². The van der Waals surface area contributed by atoms with E-state index in [0.717, 1.165) is 4.47 Å². The van der Waals surface area contributed by atoms with E-state index >= 15 is 0 Å². The second kappa shape index (κ2) is 4.88. The van der Waals surface area contributed by atoms with Gasteiger partial charge >= 0.3 is 0 Å². The average molecular weight is 371 g/mol. The summed E-state index contributed by atoms with van der Waals surface area (Å²) in [7, 11) is 0. The Kier molecular flexibility index (Phi) is 3.32. The number of fused-ring (bicyclic) bond motifs is 1. The summed E-state index contributed by atoms with van der Waals surface area (Å²) in [4.78, 5) is 12.4. The zero-order valence-corrected chi connectivity index (χ0v) is 13.0. The van der Waals surface area contributed by atoms with Crippen LogP contribution in [0.5, 0.6) is 0 Å². The summed E-state index contributed by atoms with van der Waals surface area (Å²) in [6.07, 6.45) is 0. The molecule has 100 valence electrons. The smallest absolute Gasteiger partial charge is 0.272 e. The molecule has 6 heteroatoms. The van der Waals surface area contributed by atoms with Crippen LogP contribution in [0.1, 0.15) is 15.9 Å². The zero-order valence-electron chi connectivity index (χ0n) is 9.86. The fourth-order valence-electron chi connectivity index (χ4n) is 2.08. The van der Waals surface area contributed by atoms with Crippen LogP contribution in [0.15, 0.2) is 40.9 Å². The lowest BCUT2D eigenvalue weighted by Crippen LogP contribution is -2.16. The van der Waals surface area contributed by atoms with Gasteiger partial charge in [0.05, 0.1) is 15.6 Å². The number of carbonyl (C=O) groups is 1. The summed E-state index contributed by atoms with van der Waals surface area (Å²) in [5, 5.41) is 12.8. The first-order valence-electron chi connectivity index (χ1n) is 5.63. The average Bonchev–Trinajstić information content (AvgIpc) is 2.65. The molecule has 0 radical (unpaired) electrons. The number of rotatable bonds is 1. The standard InChI is InChI=1S/C14H6BrCl2NO2/c15-8-3-1-7(2-4-8)13-14(19)9-5-10(16)11(17)6-12(9)18(13)20/h1-6H. The van der Waals surface area contributed by atoms with Gasteiger partial charge in [0.15, 0.2) is 0 Å². The highest BCUT2D eigenvalue weighted by Crippen LogP contribution is 2.35. The van der Waals surface area contributed by atoms with Crippen LogP contribution in [0.3, 0.4) is 0 Å². The molecule has 0 atom stereocenters. The molecule has 1 aliphatic rings. The molecule has 0 spiro atoms. The zero-order chi connectivity index (χ0) is 14.4. The Balaban J connectivity index is 2.19. The molecule has 3 rings (SSSR count). The predicted octanol–water partition coefficient (Wildman–Crippen LogP) is 4.58. The van der Waals surface area contributed by atoms with E-state index in [2.05, 4.69) is 15.9 Å². The van der Waals surface area contributed by atoms with Gasteiger partial charge in [-0.25, -0.2) is 0 Å². The van der Waals surface area contributed by atoms with E-state index in [9.17, 15) is 10.0 Å². The van der Waals surface area contributed by atoms with Crippen LogP contribution >= 0.6 is 39.1 Å². The summed E-state index contributed by atoms with van der Waals surface area (Å²) in [6.45, 7) is 0. The Morgan fingerprint density at radius 1 is 1.05 bits per heavy atom. The summed E-state index contributed by atoms with van der Waals surface area (Å²) >= 11 is 15.1. The number of Topliss-reactive ketones (excluding diaryl/α,β-unsaturated/α-hetero) is 1. The molecule has 3 nitrogen and oxygen atoms in total. The van der Waals surface area contributed by atoms with Crippen molar-refractivity contribution in [2.45, 2.75) is 0 Å². The largest absolute Gasteiger partial charge is 0.618 e. The Labute approximate surface area is 133 Å². The van der Waals surface area contributed by atoms with Crippen LogP contribution in [0.2, 0.25) is 10.0 Å². The number of carbonyl (C=O) groups excluding carboxylic acids is 1. The van der Waals surface area contributed by atoms with Gasteiger partial charge in [0.1, 0.15) is 5.56 Å². The van der Waals surface area contributed by atoms with Crippen LogP contribution in [-0.4, -0.2) is 16.2 Å². The normalized spacial score (nSPS) is 13.8. The lowest BCUT2D eigenvalue weighted by atomic mass is 10.0. The molecule has 0 saturated carbocycles. The maximum Gasteiger partial charge on any atom is 0.272 e. The molecule has 0 fully saturated rings. The minimum atomic E-state index is -0.351. The van der Waals surface area contributed by atoms with Gasteiger partial charge in [-0.3, -0.25) is 4.79 Å². The Hall–Kier alpha value is -1.36. The Morgan fingerprint density at radius 2 is 1.65 bits per heavy atom. The summed E-state index contributed by atoms with van der Waals surface area (Å²) in [5.74, 6) is -0.351. The molecular weight excluding hydrogens is 365 g/mol. The second-order valence-corrected chi connectivity index (χ2v) is 5.99. The van der Waals surface area contributed by atoms with Crippen molar-refractivity contribution in [3.8, 4) is 0 Å². The van der Waals surface area contributed by atoms with E-state index in [1.54, 1.807) is 24.3 Å². The van der Waals surface area contributed by atoms with Gasteiger partial charge in [-0.15, -0.1) is 0 Å². The molecule has 0 saturated heterocycles. The summed E-state index contributed by atoms with van der Waals surface area (Å²) in [5.41, 5.74) is 1.12. The number of hydrogen-bond acceptors (Lipinski definition) is 2. The van der Waals surface area contributed by atoms with Crippen LogP contribution in [0.4, 0.5) is 5.69 Å². The molecule has 2 aromatic carbocycles. The van der Waals surface area contributed by atoms with Gasteiger partial charge in [-0.05, 0) is 30.3 Å². The van der Waals surface area contributed by atoms with E-state index in [4.69, 9.17) is 23.2 Å². The molecule has 0 bridgehead atoms. The first kappa shape index (κ1) is 13.6. The molecule has 1 aliphatic heterocycles. The third-order valence-corrected chi connectivity index (χ3v) is 4.29. The first-order valence-corrected chi connectivity index (χ1v) is 7.18. The van der Waals surface area contributed by atoms with Gasteiger partial charge in [0.25, 0.3) is 11.5 Å². The predicted molar refractivity (Wildman–Crippen MR) is 82.3 cm³/mol. The molecule has 0 N–H and O–H groups in total. The van der Waals surface area contributed by atoms with Crippen molar-refractivity contribution in [1.29, 1.82) is 0 Å². The van der Waals surface area contributed by atoms with E-state index in [0.29, 0.717) is 10.3 Å². The number of benzene rings is 2. The monoisotopic (exact) mass is 369 g/mol. The quantitative estimate of drug-likeness (QED) is 0.544. The highest BCUT2D eigenvalue weighted by atomic mass is 79.9. The van der Waals surface area contributed by atoms with E-state index in [1.165, 1.54) is 12.1 Å². The van der Waals surface area contributed by atoms with Crippen molar-refractivity contribution in [2.24, 2.45) is 0 Å². The highest BCUT2D eigenvalue weighted by Gasteiger charge is 2.37. The van der Waals surface area contributed by atoms with Gasteiger partial charge in [0, 0.05) is 10.5 Å². The molecule has 0 unspecified atom stereocenters. The fourth-order valence-corrected chi connectivity index (χ4v) is 2.67. The van der Waals surface area contributed by atoms with Gasteiger partial charge < -0.3 is 5.21 Å². The molecule has 0 aliphatic carbocycles. The third-order valence-electron chi connectivity index (χ3n) is 3.04. The molecule has 20 heavy (non-hydrogen) atoms. The SMILES string of the molecule is O=C1C(c2ccc(Br)cc2)=[N+]([O-])c2cc(Cl)c(Cl)cc21. The molecule has 0 amide bonds. The van der Waals surface area contributed by atoms with Crippen molar-refractivity contribution in [3.63, 3.8) is 0 Å². The number of halogens is 3. The second-order valence-electron chi connectivity index (χ2n) is 4.26. The number of ketones is 1. The fraction of sp³-hybridized carbons (Fsp3) is 0. The maximum atomic E-state index is 12.4. The summed E-state index contributed by atoms with van der Waals surface area (Å²) in [6, 6.07) is 9.79. The highest BCUT2D eigenvalue weighted by molar-refractivity contribution is 9.10. The first-order chi connectivity index (χ1) is 9.49. The van der Waals surface area contributed by atoms with Crippen molar-refractivity contribution in [1.82, 2.24) is 0 Å².